The van der Waals surface area contributed by atoms with Crippen LogP contribution in [0.1, 0.15) is 34.0 Å². The van der Waals surface area contributed by atoms with E-state index in [1.807, 2.05) is 0 Å². The van der Waals surface area contributed by atoms with Crippen molar-refractivity contribution >= 4 is 46.5 Å². The molecule has 2 aromatic rings. The van der Waals surface area contributed by atoms with Crippen molar-refractivity contribution in [2.24, 2.45) is 0 Å². The van der Waals surface area contributed by atoms with E-state index in [4.69, 9.17) is 23.2 Å². The number of phenols is 1. The molecule has 0 spiro atoms. The van der Waals surface area contributed by atoms with Gasteiger partial charge < -0.3 is 15.3 Å². The molecule has 2 aromatic carbocycles. The van der Waals surface area contributed by atoms with Crippen molar-refractivity contribution in [3.8, 4) is 5.75 Å². The smallest absolute Gasteiger partial charge is 0.507 e. The Hall–Kier alpha value is -2.35. The van der Waals surface area contributed by atoms with Crippen LogP contribution >= 0.6 is 23.2 Å². The SMILES string of the molecule is CC1=C/C(=C(\c2cc(C)c(O)c(C(=O)O)c2)c2c(Cl)cccc2Cl)C=C(C(=O)O)C1=O.[Na+]. The molecule has 3 rings (SSSR count). The zero-order valence-corrected chi connectivity index (χ0v) is 20.9. The number of aryl methyl sites for hydroxylation is 1. The van der Waals surface area contributed by atoms with Gasteiger partial charge in [-0.15, -0.1) is 0 Å². The quantitative estimate of drug-likeness (QED) is 0.455. The van der Waals surface area contributed by atoms with E-state index in [1.165, 1.54) is 38.1 Å². The number of hydrogen-bond donors (Lipinski definition) is 3. The van der Waals surface area contributed by atoms with Gasteiger partial charge in [0.1, 0.15) is 16.9 Å². The van der Waals surface area contributed by atoms with E-state index in [0.29, 0.717) is 22.3 Å². The number of rotatable bonds is 4. The Kier molecular flexibility index (Phi) is 8.15. The zero-order chi connectivity index (χ0) is 23.0. The number of aromatic carboxylic acids is 1. The van der Waals surface area contributed by atoms with Crippen molar-refractivity contribution in [1.29, 1.82) is 0 Å². The number of aromatic hydroxyl groups is 1. The number of hydrogen-bond acceptors (Lipinski definition) is 4. The number of aliphatic carboxylic acids is 1. The average Bonchev–Trinajstić information content (AvgIpc) is 2.68. The van der Waals surface area contributed by atoms with Gasteiger partial charge in [-0.1, -0.05) is 29.3 Å². The molecule has 32 heavy (non-hydrogen) atoms. The maximum atomic E-state index is 12.3. The molecule has 0 heterocycles. The average molecular weight is 482 g/mol. The summed E-state index contributed by atoms with van der Waals surface area (Å²) >= 11 is 12.8. The normalized spacial score (nSPS) is 14.8. The first-order valence-corrected chi connectivity index (χ1v) is 9.72. The Balaban J connectivity index is 0.00000363. The van der Waals surface area contributed by atoms with Crippen molar-refractivity contribution < 1.29 is 59.3 Å². The second-order valence-corrected chi connectivity index (χ2v) is 7.76. The second-order valence-electron chi connectivity index (χ2n) is 6.94. The van der Waals surface area contributed by atoms with E-state index < -0.39 is 29.0 Å². The summed E-state index contributed by atoms with van der Waals surface area (Å²) < 4.78 is 0. The summed E-state index contributed by atoms with van der Waals surface area (Å²) in [6.07, 6.45) is 2.70. The minimum Gasteiger partial charge on any atom is -0.507 e. The summed E-state index contributed by atoms with van der Waals surface area (Å²) in [5, 5.41) is 29.6. The molecule has 3 N–H and O–H groups in total. The monoisotopic (exact) mass is 481 g/mol. The van der Waals surface area contributed by atoms with E-state index in [9.17, 15) is 29.7 Å². The van der Waals surface area contributed by atoms with Crippen molar-refractivity contribution in [2.75, 3.05) is 0 Å². The molecule has 0 atom stereocenters. The van der Waals surface area contributed by atoms with Gasteiger partial charge in [0.15, 0.2) is 5.78 Å². The Morgan fingerprint density at radius 3 is 2.06 bits per heavy atom. The molecule has 0 aliphatic heterocycles. The van der Waals surface area contributed by atoms with Crippen LogP contribution in [0.5, 0.6) is 5.75 Å². The molecule has 158 valence electrons. The molecule has 9 heteroatoms. The van der Waals surface area contributed by atoms with Gasteiger partial charge in [0.2, 0.25) is 0 Å². The third-order valence-corrected chi connectivity index (χ3v) is 5.46. The Bertz CT molecular complexity index is 1240. The fourth-order valence-corrected chi connectivity index (χ4v) is 3.94. The van der Waals surface area contributed by atoms with Gasteiger partial charge in [-0.3, -0.25) is 4.79 Å². The number of allylic oxidation sites excluding steroid dienone is 4. The van der Waals surface area contributed by atoms with Crippen LogP contribution in [0.4, 0.5) is 0 Å². The summed E-state index contributed by atoms with van der Waals surface area (Å²) in [6.45, 7) is 3.01. The van der Waals surface area contributed by atoms with Crippen LogP contribution in [0.3, 0.4) is 0 Å². The maximum Gasteiger partial charge on any atom is 1.00 e. The molecule has 1 aliphatic carbocycles. The van der Waals surface area contributed by atoms with Gasteiger partial charge in [-0.05, 0) is 78.1 Å². The Morgan fingerprint density at radius 1 is 0.938 bits per heavy atom. The summed E-state index contributed by atoms with van der Waals surface area (Å²) in [6, 6.07) is 7.59. The number of carbonyl (C=O) groups excluding carboxylic acids is 1. The van der Waals surface area contributed by atoms with Gasteiger partial charge in [-0.25, -0.2) is 9.59 Å². The number of carbonyl (C=O) groups is 3. The molecule has 1 aliphatic rings. The number of halogens is 2. The number of carboxylic acids is 2. The van der Waals surface area contributed by atoms with E-state index >= 15 is 0 Å². The van der Waals surface area contributed by atoms with Crippen molar-refractivity contribution in [1.82, 2.24) is 0 Å². The second kappa shape index (κ2) is 10.1. The molecule has 0 amide bonds. The van der Waals surface area contributed by atoms with E-state index in [0.717, 1.165) is 0 Å². The minimum absolute atomic E-state index is 0. The Morgan fingerprint density at radius 2 is 1.53 bits per heavy atom. The fraction of sp³-hybridized carbons (Fsp3) is 0.0870. The van der Waals surface area contributed by atoms with Crippen molar-refractivity contribution in [3.63, 3.8) is 0 Å². The molecule has 0 saturated heterocycles. The fourth-order valence-electron chi connectivity index (χ4n) is 3.36. The van der Waals surface area contributed by atoms with E-state index in [-0.39, 0.29) is 56.3 Å². The van der Waals surface area contributed by atoms with Crippen LogP contribution in [-0.2, 0) is 9.59 Å². The largest absolute Gasteiger partial charge is 1.00 e. The molecule has 0 unspecified atom stereocenters. The number of ketones is 1. The molecular formula is C23H16Cl2NaO6+. The number of carboxylic acid groups (broad SMARTS) is 2. The van der Waals surface area contributed by atoms with Crippen molar-refractivity contribution in [2.45, 2.75) is 13.8 Å². The topological polar surface area (TPSA) is 112 Å². The molecular weight excluding hydrogens is 466 g/mol. The van der Waals surface area contributed by atoms with Gasteiger partial charge in [-0.2, -0.15) is 0 Å². The molecule has 0 saturated carbocycles. The molecule has 0 bridgehead atoms. The summed E-state index contributed by atoms with van der Waals surface area (Å²) in [5.41, 5.74) is 0.989. The van der Waals surface area contributed by atoms with Gasteiger partial charge in [0, 0.05) is 15.6 Å². The number of benzene rings is 2. The molecule has 6 nitrogen and oxygen atoms in total. The van der Waals surface area contributed by atoms with Gasteiger partial charge in [0.05, 0.1) is 0 Å². The van der Waals surface area contributed by atoms with E-state index in [2.05, 4.69) is 0 Å². The predicted molar refractivity (Wildman–Crippen MR) is 117 cm³/mol. The van der Waals surface area contributed by atoms with Crippen LogP contribution in [0, 0.1) is 6.92 Å². The first-order valence-electron chi connectivity index (χ1n) is 8.96. The number of Topliss-reactive ketones (excluding diaryl/α,β-unsaturated/α-hetero) is 1. The van der Waals surface area contributed by atoms with Gasteiger partial charge >= 0.3 is 41.5 Å². The van der Waals surface area contributed by atoms with Crippen molar-refractivity contribution in [3.05, 3.63) is 91.5 Å². The summed E-state index contributed by atoms with van der Waals surface area (Å²) in [4.78, 5) is 35.6. The standard InChI is InChI=1S/C23H16Cl2O6.Na/c1-10-6-12(8-14(20(10)26)22(28)29)18(19-16(24)4-3-5-17(19)25)13-7-11(2)21(27)15(9-13)23(30)31;/h3-9,26H,1-2H3,(H,28,29)(H,30,31);/q;+1/b18-13-;. The predicted octanol–water partition coefficient (Wildman–Crippen LogP) is 2.05. The van der Waals surface area contributed by atoms with Crippen LogP contribution in [0.2, 0.25) is 10.0 Å². The Labute approximate surface area is 215 Å². The van der Waals surface area contributed by atoms with Crippen LogP contribution in [0.25, 0.3) is 5.57 Å². The van der Waals surface area contributed by atoms with Crippen LogP contribution in [-0.4, -0.2) is 33.0 Å². The molecule has 0 aromatic heterocycles. The first-order chi connectivity index (χ1) is 14.5. The molecule has 0 fully saturated rings. The van der Waals surface area contributed by atoms with E-state index in [1.54, 1.807) is 18.2 Å². The third kappa shape index (κ3) is 4.85. The zero-order valence-electron chi connectivity index (χ0n) is 17.4. The first kappa shape index (κ1) is 25.9. The third-order valence-electron chi connectivity index (χ3n) is 4.83. The summed E-state index contributed by atoms with van der Waals surface area (Å²) in [7, 11) is 0. The van der Waals surface area contributed by atoms with Gasteiger partial charge in [0.25, 0.3) is 0 Å². The summed E-state index contributed by atoms with van der Waals surface area (Å²) in [5.74, 6) is -3.76. The minimum atomic E-state index is -1.40. The molecule has 0 radical (unpaired) electrons. The van der Waals surface area contributed by atoms with Crippen LogP contribution < -0.4 is 29.6 Å². The van der Waals surface area contributed by atoms with Crippen LogP contribution in [0.15, 0.2) is 59.2 Å². The maximum absolute atomic E-state index is 12.3.